The van der Waals surface area contributed by atoms with Gasteiger partial charge in [-0.15, -0.1) is 0 Å². The minimum atomic E-state index is -3.50. The van der Waals surface area contributed by atoms with Crippen molar-refractivity contribution in [1.82, 2.24) is 0 Å². The van der Waals surface area contributed by atoms with Gasteiger partial charge in [0, 0.05) is 0 Å². The first-order valence-corrected chi connectivity index (χ1v) is 5.77. The van der Waals surface area contributed by atoms with E-state index in [1.165, 1.54) is 0 Å². The zero-order valence-electron chi connectivity index (χ0n) is 2.75. The van der Waals surface area contributed by atoms with Crippen LogP contribution < -0.4 is 0 Å². The second-order valence-corrected chi connectivity index (χ2v) is 6.00. The molecule has 0 aromatic rings. The molecule has 0 spiro atoms. The summed E-state index contributed by atoms with van der Waals surface area (Å²) in [5, 5.41) is 0. The SMILES string of the molecule is O=[P](O)(O)[AlH2].[CaH2]. The summed E-state index contributed by atoms with van der Waals surface area (Å²) in [6, 6.07) is 0. The Balaban J connectivity index is 0. The monoisotopic (exact) mass is 152 g/mol. The fourth-order valence-corrected chi connectivity index (χ4v) is 0. The van der Waals surface area contributed by atoms with Gasteiger partial charge < -0.3 is 9.79 Å². The third kappa shape index (κ3) is 38.5. The third-order valence-electron chi connectivity index (χ3n) is 0. The molecule has 0 heterocycles. The Morgan fingerprint density at radius 2 is 1.50 bits per heavy atom. The fourth-order valence-electron chi connectivity index (χ4n) is 0. The Labute approximate surface area is 73.3 Å². The van der Waals surface area contributed by atoms with Crippen molar-refractivity contribution in [3.8, 4) is 0 Å². The summed E-state index contributed by atoms with van der Waals surface area (Å²) >= 11 is -0.0255. The van der Waals surface area contributed by atoms with Gasteiger partial charge in [0.1, 0.15) is 0 Å². The van der Waals surface area contributed by atoms with Gasteiger partial charge in [-0.25, -0.2) is 0 Å². The van der Waals surface area contributed by atoms with Crippen LogP contribution in [0, 0.1) is 0 Å². The zero-order valence-corrected chi connectivity index (χ0v) is 5.64. The van der Waals surface area contributed by atoms with E-state index in [-0.39, 0.29) is 53.6 Å². The van der Waals surface area contributed by atoms with Crippen LogP contribution >= 0.6 is 6.24 Å². The van der Waals surface area contributed by atoms with E-state index in [0.29, 0.717) is 0 Å². The van der Waals surface area contributed by atoms with E-state index >= 15 is 0 Å². The average Bonchev–Trinajstić information content (AvgIpc) is 0.722. The molecule has 0 aromatic heterocycles. The molecule has 34 valence electrons. The molecule has 0 rings (SSSR count). The topological polar surface area (TPSA) is 57.5 Å². The molecule has 0 amide bonds. The van der Waals surface area contributed by atoms with Crippen molar-refractivity contribution < 1.29 is 14.4 Å². The van der Waals surface area contributed by atoms with E-state index < -0.39 is 6.24 Å². The van der Waals surface area contributed by atoms with E-state index in [0.717, 1.165) is 0 Å². The van der Waals surface area contributed by atoms with Crippen molar-refractivity contribution in [2.24, 2.45) is 0 Å². The van der Waals surface area contributed by atoms with Crippen molar-refractivity contribution in [3.63, 3.8) is 0 Å². The van der Waals surface area contributed by atoms with Crippen LogP contribution in [0.1, 0.15) is 0 Å². The van der Waals surface area contributed by atoms with Gasteiger partial charge in [-0.3, -0.25) is 4.57 Å². The van der Waals surface area contributed by atoms with E-state index in [1.807, 2.05) is 0 Å². The number of hydrogen-bond donors (Lipinski definition) is 2. The van der Waals surface area contributed by atoms with Gasteiger partial charge in [0.15, 0.2) is 0 Å². The summed E-state index contributed by atoms with van der Waals surface area (Å²) in [5.41, 5.74) is 0. The van der Waals surface area contributed by atoms with Crippen LogP contribution in [-0.2, 0) is 4.57 Å². The molecule has 0 fully saturated rings. The molecular formula is H6AlCaO3P. The molecule has 0 aliphatic carbocycles. The molecule has 0 aromatic carbocycles. The number of hydrogen-bond acceptors (Lipinski definition) is 1. The van der Waals surface area contributed by atoms with Crippen molar-refractivity contribution >= 4 is 59.8 Å². The standard InChI is InChI=1S/Al.Ca.HO3P.4H/c;;1-4(2)3;;;;/h;;(H-,1,2,3);;;;/q-1;;;;;;/p+1. The quantitative estimate of drug-likeness (QED) is 0.306. The van der Waals surface area contributed by atoms with Crippen molar-refractivity contribution in [1.29, 1.82) is 0 Å². The second-order valence-electron chi connectivity index (χ2n) is 0.835. The molecular weight excluding hydrogens is 146 g/mol. The van der Waals surface area contributed by atoms with Crippen LogP contribution in [0.15, 0.2) is 0 Å². The van der Waals surface area contributed by atoms with E-state index in [9.17, 15) is 4.57 Å². The summed E-state index contributed by atoms with van der Waals surface area (Å²) in [6.45, 7) is 0. The van der Waals surface area contributed by atoms with Gasteiger partial charge in [-0.1, -0.05) is 0 Å². The third-order valence-corrected chi connectivity index (χ3v) is 0. The second kappa shape index (κ2) is 3.89. The average molecular weight is 152 g/mol. The van der Waals surface area contributed by atoms with E-state index in [2.05, 4.69) is 0 Å². The maximum atomic E-state index is 9.39. The molecule has 2 N–H and O–H groups in total. The molecule has 0 unspecified atom stereocenters. The molecule has 0 saturated heterocycles. The molecule has 0 radical (unpaired) electrons. The molecule has 0 aliphatic rings. The molecule has 0 saturated carbocycles. The molecule has 0 atom stereocenters. The Kier molecular flexibility index (Phi) is 7.02. The normalized spacial score (nSPS) is 9.67. The van der Waals surface area contributed by atoms with Gasteiger partial charge in [-0.2, -0.15) is 0 Å². The summed E-state index contributed by atoms with van der Waals surface area (Å²) < 4.78 is 9.39. The Morgan fingerprint density at radius 3 is 1.50 bits per heavy atom. The van der Waals surface area contributed by atoms with Gasteiger partial charge in [-0.05, 0) is 0 Å². The van der Waals surface area contributed by atoms with Crippen molar-refractivity contribution in [3.05, 3.63) is 0 Å². The number of rotatable bonds is 0. The van der Waals surface area contributed by atoms with Crippen LogP contribution in [0.2, 0.25) is 0 Å². The Morgan fingerprint density at radius 1 is 1.50 bits per heavy atom. The van der Waals surface area contributed by atoms with Crippen molar-refractivity contribution in [2.75, 3.05) is 0 Å². The van der Waals surface area contributed by atoms with E-state index in [1.54, 1.807) is 0 Å². The molecule has 0 bridgehead atoms. The van der Waals surface area contributed by atoms with Crippen molar-refractivity contribution in [2.45, 2.75) is 0 Å². The maximum absolute atomic E-state index is 9.39. The van der Waals surface area contributed by atoms with E-state index in [4.69, 9.17) is 9.79 Å². The summed E-state index contributed by atoms with van der Waals surface area (Å²) in [5.74, 6) is 0. The Bertz CT molecular complexity index is 56.9. The van der Waals surface area contributed by atoms with Crippen LogP contribution in [0.25, 0.3) is 0 Å². The molecule has 0 aliphatic heterocycles. The fraction of sp³-hybridized carbons (Fsp3) is 0. The predicted molar refractivity (Wildman–Crippen MR) is 29.1 cm³/mol. The first kappa shape index (κ1) is 10.8. The summed E-state index contributed by atoms with van der Waals surface area (Å²) in [7, 11) is 0. The zero-order chi connectivity index (χ0) is 4.50. The Hall–Kier alpha value is 1.94. The van der Waals surface area contributed by atoms with Crippen LogP contribution in [-0.4, -0.2) is 63.4 Å². The van der Waals surface area contributed by atoms with Gasteiger partial charge in [0.25, 0.3) is 0 Å². The predicted octanol–water partition coefficient (Wildman–Crippen LogP) is -2.20. The molecule has 3 nitrogen and oxygen atoms in total. The molecule has 6 heteroatoms. The first-order valence-electron chi connectivity index (χ1n) is 1.03. The van der Waals surface area contributed by atoms with Crippen LogP contribution in [0.5, 0.6) is 0 Å². The summed E-state index contributed by atoms with van der Waals surface area (Å²) in [6.07, 6.45) is -3.50. The first-order chi connectivity index (χ1) is 2.00. The van der Waals surface area contributed by atoms with Crippen LogP contribution in [0.3, 0.4) is 0 Å². The van der Waals surface area contributed by atoms with Gasteiger partial charge in [0.2, 0.25) is 6.24 Å². The summed E-state index contributed by atoms with van der Waals surface area (Å²) in [4.78, 5) is 15.4. The minimum absolute atomic E-state index is 0. The van der Waals surface area contributed by atoms with Gasteiger partial charge >= 0.3 is 53.6 Å². The van der Waals surface area contributed by atoms with Gasteiger partial charge in [0.05, 0.1) is 0 Å². The van der Waals surface area contributed by atoms with Crippen LogP contribution in [0.4, 0.5) is 0 Å². The molecule has 6 heavy (non-hydrogen) atoms.